The van der Waals surface area contributed by atoms with Gasteiger partial charge in [0.05, 0.1) is 5.56 Å². The number of carbonyl (C=O) groups excluding carboxylic acids is 2. The Morgan fingerprint density at radius 2 is 1.77 bits per heavy atom. The van der Waals surface area contributed by atoms with E-state index in [1.54, 1.807) is 0 Å². The minimum absolute atomic E-state index is 0.121. The van der Waals surface area contributed by atoms with Crippen molar-refractivity contribution in [3.8, 4) is 0 Å². The highest BCUT2D eigenvalue weighted by Crippen LogP contribution is 2.33. The fourth-order valence-electron chi connectivity index (χ4n) is 3.56. The van der Waals surface area contributed by atoms with Gasteiger partial charge in [-0.25, -0.2) is 0 Å². The molecule has 2 heterocycles. The van der Waals surface area contributed by atoms with Crippen molar-refractivity contribution < 1.29 is 9.59 Å². The molecule has 3 aromatic rings. The van der Waals surface area contributed by atoms with Crippen LogP contribution in [-0.2, 0) is 6.54 Å². The number of fused-ring (bicyclic) bond motifs is 1. The van der Waals surface area contributed by atoms with Gasteiger partial charge in [0.1, 0.15) is 5.69 Å². The van der Waals surface area contributed by atoms with Crippen molar-refractivity contribution in [2.75, 3.05) is 6.54 Å². The van der Waals surface area contributed by atoms with Crippen LogP contribution in [0.15, 0.2) is 66.9 Å². The molecule has 5 nitrogen and oxygen atoms in total. The quantitative estimate of drug-likeness (QED) is 0.765. The topological polar surface area (TPSA) is 79.2 Å². The molecule has 130 valence electrons. The molecule has 1 aromatic heterocycles. The maximum Gasteiger partial charge on any atom is 0.270 e. The third-order valence-corrected chi connectivity index (χ3v) is 4.88. The van der Waals surface area contributed by atoms with Crippen molar-refractivity contribution in [3.05, 3.63) is 94.8 Å². The summed E-state index contributed by atoms with van der Waals surface area (Å²) >= 11 is 0. The molecule has 0 aliphatic carbocycles. The van der Waals surface area contributed by atoms with Gasteiger partial charge >= 0.3 is 0 Å². The predicted molar refractivity (Wildman–Crippen MR) is 98.8 cm³/mol. The first kappa shape index (κ1) is 16.1. The zero-order chi connectivity index (χ0) is 18.1. The summed E-state index contributed by atoms with van der Waals surface area (Å²) in [6.07, 6.45) is 1.47. The highest BCUT2D eigenvalue weighted by Gasteiger charge is 2.30. The smallest absolute Gasteiger partial charge is 0.270 e. The number of nitrogens with two attached hydrogens (primary N) is 1. The number of benzene rings is 2. The lowest BCUT2D eigenvalue weighted by molar-refractivity contribution is 0.0719. The number of primary amides is 1. The van der Waals surface area contributed by atoms with Crippen LogP contribution in [0.5, 0.6) is 0 Å². The van der Waals surface area contributed by atoms with Crippen molar-refractivity contribution in [2.24, 2.45) is 5.73 Å². The standard InChI is InChI=1S/C21H19N3O2/c22-20(25)16-10-19(23-11-16)21(26)24-12-15-8-4-5-9-17(15)18(13-24)14-6-2-1-3-7-14/h1-11,18,23H,12-13H2,(H2,22,25)/t18-/m0/s1. The van der Waals surface area contributed by atoms with Gasteiger partial charge in [-0.15, -0.1) is 0 Å². The molecule has 1 aliphatic heterocycles. The lowest BCUT2D eigenvalue weighted by atomic mass is 9.84. The number of hydrogen-bond acceptors (Lipinski definition) is 2. The van der Waals surface area contributed by atoms with Crippen molar-refractivity contribution in [3.63, 3.8) is 0 Å². The predicted octanol–water partition coefficient (Wildman–Crippen LogP) is 2.90. The highest BCUT2D eigenvalue weighted by molar-refractivity contribution is 5.98. The molecule has 2 amide bonds. The largest absolute Gasteiger partial charge is 0.366 e. The average Bonchev–Trinajstić information content (AvgIpc) is 3.18. The number of H-pyrrole nitrogens is 1. The fraction of sp³-hybridized carbons (Fsp3) is 0.143. The Kier molecular flexibility index (Phi) is 4.05. The number of aromatic amines is 1. The molecule has 0 spiro atoms. The Hall–Kier alpha value is -3.34. The molecule has 0 fully saturated rings. The van der Waals surface area contributed by atoms with E-state index < -0.39 is 5.91 Å². The summed E-state index contributed by atoms with van der Waals surface area (Å²) in [5, 5.41) is 0. The maximum atomic E-state index is 13.0. The van der Waals surface area contributed by atoms with Gasteiger partial charge < -0.3 is 15.6 Å². The Labute approximate surface area is 151 Å². The summed E-state index contributed by atoms with van der Waals surface area (Å²) in [5.41, 5.74) is 9.55. The van der Waals surface area contributed by atoms with Crippen LogP contribution in [0.2, 0.25) is 0 Å². The lowest BCUT2D eigenvalue weighted by Crippen LogP contribution is -2.38. The summed E-state index contributed by atoms with van der Waals surface area (Å²) in [7, 11) is 0. The Morgan fingerprint density at radius 1 is 1.04 bits per heavy atom. The second-order valence-electron chi connectivity index (χ2n) is 6.51. The van der Waals surface area contributed by atoms with E-state index in [0.717, 1.165) is 5.56 Å². The minimum Gasteiger partial charge on any atom is -0.366 e. The van der Waals surface area contributed by atoms with E-state index in [9.17, 15) is 9.59 Å². The minimum atomic E-state index is -0.550. The fourth-order valence-corrected chi connectivity index (χ4v) is 3.56. The van der Waals surface area contributed by atoms with Gasteiger partial charge in [0.2, 0.25) is 5.91 Å². The van der Waals surface area contributed by atoms with Crippen LogP contribution in [0.4, 0.5) is 0 Å². The molecule has 0 radical (unpaired) electrons. The summed E-state index contributed by atoms with van der Waals surface area (Å²) in [6, 6.07) is 20.0. The molecule has 3 N–H and O–H groups in total. The second-order valence-corrected chi connectivity index (χ2v) is 6.51. The van der Waals surface area contributed by atoms with Gasteiger partial charge in [0, 0.05) is 25.2 Å². The number of amides is 2. The van der Waals surface area contributed by atoms with Crippen LogP contribution >= 0.6 is 0 Å². The van der Waals surface area contributed by atoms with Crippen molar-refractivity contribution >= 4 is 11.8 Å². The first-order valence-electron chi connectivity index (χ1n) is 8.53. The summed E-state index contributed by atoms with van der Waals surface area (Å²) in [6.45, 7) is 1.13. The molecule has 1 aliphatic rings. The molecule has 0 saturated carbocycles. The number of rotatable bonds is 3. The van der Waals surface area contributed by atoms with Crippen LogP contribution < -0.4 is 5.73 Å². The summed E-state index contributed by atoms with van der Waals surface area (Å²) < 4.78 is 0. The van der Waals surface area contributed by atoms with Crippen LogP contribution in [0.1, 0.15) is 43.5 Å². The van der Waals surface area contributed by atoms with Gasteiger partial charge in [-0.3, -0.25) is 9.59 Å². The van der Waals surface area contributed by atoms with E-state index in [2.05, 4.69) is 29.2 Å². The number of nitrogens with zero attached hydrogens (tertiary/aromatic N) is 1. The first-order valence-corrected chi connectivity index (χ1v) is 8.53. The van der Waals surface area contributed by atoms with Gasteiger partial charge in [-0.05, 0) is 22.8 Å². The van der Waals surface area contributed by atoms with Crippen molar-refractivity contribution in [1.29, 1.82) is 0 Å². The van der Waals surface area contributed by atoms with E-state index in [1.807, 2.05) is 35.2 Å². The molecule has 0 bridgehead atoms. The molecular weight excluding hydrogens is 326 g/mol. The Morgan fingerprint density at radius 3 is 2.50 bits per heavy atom. The molecule has 0 unspecified atom stereocenters. The van der Waals surface area contributed by atoms with Gasteiger partial charge in [-0.1, -0.05) is 54.6 Å². The molecule has 2 aromatic carbocycles. The summed E-state index contributed by atoms with van der Waals surface area (Å²) in [4.78, 5) is 28.9. The monoisotopic (exact) mass is 345 g/mol. The van der Waals surface area contributed by atoms with E-state index in [-0.39, 0.29) is 11.8 Å². The maximum absolute atomic E-state index is 13.0. The third kappa shape index (κ3) is 2.88. The second kappa shape index (κ2) is 6.52. The zero-order valence-corrected chi connectivity index (χ0v) is 14.2. The van der Waals surface area contributed by atoms with E-state index in [1.165, 1.54) is 23.4 Å². The lowest BCUT2D eigenvalue weighted by Gasteiger charge is -2.35. The van der Waals surface area contributed by atoms with Crippen LogP contribution in [0.3, 0.4) is 0 Å². The zero-order valence-electron chi connectivity index (χ0n) is 14.2. The first-order chi connectivity index (χ1) is 12.6. The van der Waals surface area contributed by atoms with E-state index in [0.29, 0.717) is 24.3 Å². The van der Waals surface area contributed by atoms with Crippen LogP contribution in [0, 0.1) is 0 Å². The molecule has 26 heavy (non-hydrogen) atoms. The highest BCUT2D eigenvalue weighted by atomic mass is 16.2. The van der Waals surface area contributed by atoms with Gasteiger partial charge in [0.25, 0.3) is 5.91 Å². The molecule has 1 atom stereocenters. The Balaban J connectivity index is 1.68. The molecular formula is C21H19N3O2. The number of nitrogens with one attached hydrogen (secondary N) is 1. The third-order valence-electron chi connectivity index (χ3n) is 4.88. The van der Waals surface area contributed by atoms with E-state index in [4.69, 9.17) is 5.73 Å². The normalized spacial score (nSPS) is 16.2. The number of carbonyl (C=O) groups is 2. The van der Waals surface area contributed by atoms with Crippen LogP contribution in [-0.4, -0.2) is 28.2 Å². The van der Waals surface area contributed by atoms with Gasteiger partial charge in [-0.2, -0.15) is 0 Å². The Bertz CT molecular complexity index is 962. The van der Waals surface area contributed by atoms with Crippen LogP contribution in [0.25, 0.3) is 0 Å². The average molecular weight is 345 g/mol. The van der Waals surface area contributed by atoms with Gasteiger partial charge in [0.15, 0.2) is 0 Å². The molecule has 0 saturated heterocycles. The number of aromatic nitrogens is 1. The number of hydrogen-bond donors (Lipinski definition) is 2. The van der Waals surface area contributed by atoms with E-state index >= 15 is 0 Å². The van der Waals surface area contributed by atoms with Crippen molar-refractivity contribution in [1.82, 2.24) is 9.88 Å². The summed E-state index contributed by atoms with van der Waals surface area (Å²) in [5.74, 6) is -0.560. The van der Waals surface area contributed by atoms with Crippen molar-refractivity contribution in [2.45, 2.75) is 12.5 Å². The molecule has 4 rings (SSSR count). The molecule has 5 heteroatoms. The SMILES string of the molecule is NC(=O)c1c[nH]c(C(=O)N2Cc3ccccc3[C@H](c3ccccc3)C2)c1.